The van der Waals surface area contributed by atoms with Crippen LogP contribution in [0.1, 0.15) is 10.6 Å². The van der Waals surface area contributed by atoms with Crippen molar-refractivity contribution in [2.24, 2.45) is 0 Å². The lowest BCUT2D eigenvalue weighted by Gasteiger charge is -2.15. The van der Waals surface area contributed by atoms with E-state index in [-0.39, 0.29) is 23.4 Å². The molecule has 0 saturated carbocycles. The van der Waals surface area contributed by atoms with E-state index in [1.54, 1.807) is 31.4 Å². The third-order valence-electron chi connectivity index (χ3n) is 2.86. The summed E-state index contributed by atoms with van der Waals surface area (Å²) in [6.07, 6.45) is 0. The predicted octanol–water partition coefficient (Wildman–Crippen LogP) is 2.65. The average Bonchev–Trinajstić information content (AvgIpc) is 2.93. The number of carbonyl (C=O) groups is 2. The molecule has 22 heavy (non-hydrogen) atoms. The van der Waals surface area contributed by atoms with Crippen LogP contribution in [-0.2, 0) is 4.79 Å². The van der Waals surface area contributed by atoms with E-state index in [0.29, 0.717) is 11.4 Å². The summed E-state index contributed by atoms with van der Waals surface area (Å²) in [6.45, 7) is -0.117. The zero-order valence-electron chi connectivity index (χ0n) is 12.1. The van der Waals surface area contributed by atoms with E-state index in [0.717, 1.165) is 0 Å². The summed E-state index contributed by atoms with van der Waals surface area (Å²) >= 11 is 5.62. The number of methoxy groups -OCH3 is 1. The van der Waals surface area contributed by atoms with Gasteiger partial charge in [-0.2, -0.15) is 0 Å². The van der Waals surface area contributed by atoms with Crippen molar-refractivity contribution in [3.63, 3.8) is 0 Å². The van der Waals surface area contributed by atoms with Crippen LogP contribution in [0.5, 0.6) is 5.75 Å². The standard InChI is InChI=1S/C15H15ClN2O4/c1-18(15(20)12-6-7-13(16)22-12)9-14(19)17-10-4-3-5-11(8-10)21-2/h3-8H,9H2,1-2H3,(H,17,19). The summed E-state index contributed by atoms with van der Waals surface area (Å²) in [5.74, 6) is -0.0383. The van der Waals surface area contributed by atoms with Crippen LogP contribution in [0, 0.1) is 0 Å². The second-order valence-corrected chi connectivity index (χ2v) is 4.92. The van der Waals surface area contributed by atoms with Gasteiger partial charge in [0.25, 0.3) is 5.91 Å². The van der Waals surface area contributed by atoms with E-state index in [4.69, 9.17) is 20.8 Å². The number of ether oxygens (including phenoxy) is 1. The first-order chi connectivity index (χ1) is 10.5. The molecule has 1 aromatic carbocycles. The van der Waals surface area contributed by atoms with Crippen molar-refractivity contribution in [1.29, 1.82) is 0 Å². The highest BCUT2D eigenvalue weighted by molar-refractivity contribution is 6.29. The number of nitrogens with one attached hydrogen (secondary N) is 1. The summed E-state index contributed by atoms with van der Waals surface area (Å²) in [5, 5.41) is 2.81. The Hall–Kier alpha value is -2.47. The average molecular weight is 323 g/mol. The molecule has 0 radical (unpaired) electrons. The van der Waals surface area contributed by atoms with E-state index in [9.17, 15) is 9.59 Å². The third kappa shape index (κ3) is 4.02. The van der Waals surface area contributed by atoms with Gasteiger partial charge in [0.05, 0.1) is 13.7 Å². The maximum Gasteiger partial charge on any atom is 0.289 e. The van der Waals surface area contributed by atoms with E-state index in [1.807, 2.05) is 0 Å². The van der Waals surface area contributed by atoms with Gasteiger partial charge in [0, 0.05) is 18.8 Å². The number of hydrogen-bond donors (Lipinski definition) is 1. The molecule has 0 aliphatic carbocycles. The van der Waals surface area contributed by atoms with Gasteiger partial charge in [0.15, 0.2) is 11.0 Å². The lowest BCUT2D eigenvalue weighted by Crippen LogP contribution is -2.34. The van der Waals surface area contributed by atoms with Gasteiger partial charge in [0.2, 0.25) is 5.91 Å². The number of halogens is 1. The number of nitrogens with zero attached hydrogens (tertiary/aromatic N) is 1. The van der Waals surface area contributed by atoms with E-state index < -0.39 is 5.91 Å². The van der Waals surface area contributed by atoms with Crippen molar-refractivity contribution < 1.29 is 18.7 Å². The van der Waals surface area contributed by atoms with Gasteiger partial charge in [0.1, 0.15) is 5.75 Å². The van der Waals surface area contributed by atoms with Crippen molar-refractivity contribution in [1.82, 2.24) is 4.90 Å². The summed E-state index contributed by atoms with van der Waals surface area (Å²) in [6, 6.07) is 9.88. The zero-order valence-corrected chi connectivity index (χ0v) is 12.9. The highest BCUT2D eigenvalue weighted by Gasteiger charge is 2.18. The van der Waals surface area contributed by atoms with Crippen molar-refractivity contribution in [3.8, 4) is 5.75 Å². The lowest BCUT2D eigenvalue weighted by atomic mass is 10.3. The maximum absolute atomic E-state index is 12.0. The minimum Gasteiger partial charge on any atom is -0.497 e. The molecule has 0 spiro atoms. The second-order valence-electron chi connectivity index (χ2n) is 4.55. The fourth-order valence-corrected chi connectivity index (χ4v) is 1.95. The summed E-state index contributed by atoms with van der Waals surface area (Å²) in [5.41, 5.74) is 0.589. The van der Waals surface area contributed by atoms with Crippen LogP contribution in [0.15, 0.2) is 40.8 Å². The number of hydrogen-bond acceptors (Lipinski definition) is 4. The molecule has 6 nitrogen and oxygen atoms in total. The molecule has 0 aliphatic rings. The highest BCUT2D eigenvalue weighted by Crippen LogP contribution is 2.17. The number of furan rings is 1. The van der Waals surface area contributed by atoms with E-state index in [1.165, 1.54) is 24.1 Å². The number of likely N-dealkylation sites (N-methyl/N-ethyl adjacent to an activating group) is 1. The first-order valence-electron chi connectivity index (χ1n) is 6.44. The van der Waals surface area contributed by atoms with Crippen LogP contribution < -0.4 is 10.1 Å². The third-order valence-corrected chi connectivity index (χ3v) is 3.07. The lowest BCUT2D eigenvalue weighted by molar-refractivity contribution is -0.116. The number of benzene rings is 1. The Bertz CT molecular complexity index is 684. The molecule has 0 fully saturated rings. The second kappa shape index (κ2) is 7.00. The fraction of sp³-hybridized carbons (Fsp3) is 0.200. The molecular weight excluding hydrogens is 308 g/mol. The fourth-order valence-electron chi connectivity index (χ4n) is 1.81. The molecule has 1 heterocycles. The first kappa shape index (κ1) is 15.9. The molecule has 0 aliphatic heterocycles. The Balaban J connectivity index is 1.94. The van der Waals surface area contributed by atoms with E-state index >= 15 is 0 Å². The summed E-state index contributed by atoms with van der Waals surface area (Å²) in [4.78, 5) is 25.2. The van der Waals surface area contributed by atoms with Crippen molar-refractivity contribution >= 4 is 29.1 Å². The van der Waals surface area contributed by atoms with Gasteiger partial charge in [-0.25, -0.2) is 0 Å². The molecule has 1 N–H and O–H groups in total. The summed E-state index contributed by atoms with van der Waals surface area (Å²) in [7, 11) is 3.05. The molecule has 0 unspecified atom stereocenters. The minimum atomic E-state index is -0.423. The normalized spacial score (nSPS) is 10.1. The monoisotopic (exact) mass is 322 g/mol. The molecular formula is C15H15ClN2O4. The van der Waals surface area contributed by atoms with E-state index in [2.05, 4.69) is 5.32 Å². The number of carbonyl (C=O) groups excluding carboxylic acids is 2. The van der Waals surface area contributed by atoms with Crippen LogP contribution in [-0.4, -0.2) is 37.4 Å². The summed E-state index contributed by atoms with van der Waals surface area (Å²) < 4.78 is 10.1. The van der Waals surface area contributed by atoms with Gasteiger partial charge >= 0.3 is 0 Å². The van der Waals surface area contributed by atoms with Crippen LogP contribution in [0.25, 0.3) is 0 Å². The van der Waals surface area contributed by atoms with Gasteiger partial charge in [-0.3, -0.25) is 9.59 Å². The molecule has 0 saturated heterocycles. The number of rotatable bonds is 5. The van der Waals surface area contributed by atoms with Crippen molar-refractivity contribution in [2.75, 3.05) is 26.0 Å². The van der Waals surface area contributed by atoms with Crippen LogP contribution in [0.3, 0.4) is 0 Å². The topological polar surface area (TPSA) is 71.8 Å². The van der Waals surface area contributed by atoms with Crippen LogP contribution in [0.2, 0.25) is 5.22 Å². The smallest absolute Gasteiger partial charge is 0.289 e. The Morgan fingerprint density at radius 3 is 2.73 bits per heavy atom. The van der Waals surface area contributed by atoms with Gasteiger partial charge in [-0.1, -0.05) is 6.07 Å². The molecule has 2 amide bonds. The molecule has 2 rings (SSSR count). The number of anilines is 1. The van der Waals surface area contributed by atoms with Gasteiger partial charge in [-0.05, 0) is 35.9 Å². The van der Waals surface area contributed by atoms with Crippen LogP contribution >= 0.6 is 11.6 Å². The SMILES string of the molecule is COc1cccc(NC(=O)CN(C)C(=O)c2ccc(Cl)o2)c1. The van der Waals surface area contributed by atoms with Gasteiger partial charge in [-0.15, -0.1) is 0 Å². The molecule has 0 bridgehead atoms. The molecule has 2 aromatic rings. The Morgan fingerprint density at radius 1 is 1.32 bits per heavy atom. The maximum atomic E-state index is 12.0. The zero-order chi connectivity index (χ0) is 16.1. The minimum absolute atomic E-state index is 0.0849. The largest absolute Gasteiger partial charge is 0.497 e. The first-order valence-corrected chi connectivity index (χ1v) is 6.82. The Kier molecular flexibility index (Phi) is 5.06. The van der Waals surface area contributed by atoms with Crippen molar-refractivity contribution in [2.45, 2.75) is 0 Å². The molecule has 0 atom stereocenters. The quantitative estimate of drug-likeness (QED) is 0.918. The van der Waals surface area contributed by atoms with Crippen LogP contribution in [0.4, 0.5) is 5.69 Å². The molecule has 7 heteroatoms. The van der Waals surface area contributed by atoms with Crippen molar-refractivity contribution in [3.05, 3.63) is 47.4 Å². The highest BCUT2D eigenvalue weighted by atomic mass is 35.5. The predicted molar refractivity (Wildman–Crippen MR) is 82.3 cm³/mol. The molecule has 1 aromatic heterocycles. The Labute approximate surface area is 132 Å². The number of amides is 2. The van der Waals surface area contributed by atoms with Gasteiger partial charge < -0.3 is 19.4 Å². The molecule has 116 valence electrons. The Morgan fingerprint density at radius 2 is 2.09 bits per heavy atom.